The van der Waals surface area contributed by atoms with Crippen molar-refractivity contribution in [3.8, 4) is 11.5 Å². The Hall–Kier alpha value is -2.87. The topological polar surface area (TPSA) is 81.9 Å². The van der Waals surface area contributed by atoms with Gasteiger partial charge in [-0.15, -0.1) is 11.3 Å². The fourth-order valence-electron chi connectivity index (χ4n) is 3.60. The molecule has 0 spiro atoms. The van der Waals surface area contributed by atoms with Gasteiger partial charge in [-0.25, -0.2) is 4.98 Å². The first-order chi connectivity index (χ1) is 14.1. The van der Waals surface area contributed by atoms with E-state index in [0.29, 0.717) is 23.1 Å². The van der Waals surface area contributed by atoms with E-state index in [1.807, 2.05) is 25.1 Å². The van der Waals surface area contributed by atoms with Gasteiger partial charge in [0, 0.05) is 23.3 Å². The molecule has 0 fully saturated rings. The molecule has 1 aromatic carbocycles. The molecule has 0 saturated heterocycles. The summed E-state index contributed by atoms with van der Waals surface area (Å²) in [5.41, 5.74) is 1.63. The van der Waals surface area contributed by atoms with Gasteiger partial charge in [0.05, 0.1) is 13.7 Å². The van der Waals surface area contributed by atoms with E-state index < -0.39 is 5.91 Å². The van der Waals surface area contributed by atoms with Crippen LogP contribution in [0.15, 0.2) is 29.2 Å². The zero-order chi connectivity index (χ0) is 20.4. The molecular formula is C21H23N3O4S. The number of carbonyl (C=O) groups excluding carboxylic acids is 1. The van der Waals surface area contributed by atoms with Crippen molar-refractivity contribution in [2.75, 3.05) is 13.7 Å². The number of aromatic nitrogens is 2. The van der Waals surface area contributed by atoms with Crippen LogP contribution in [0.2, 0.25) is 0 Å². The number of benzene rings is 1. The maximum Gasteiger partial charge on any atom is 0.271 e. The third-order valence-electron chi connectivity index (χ3n) is 5.03. The first-order valence-corrected chi connectivity index (χ1v) is 10.5. The summed E-state index contributed by atoms with van der Waals surface area (Å²) in [5, 5.41) is 2.81. The number of aryl methyl sites for hydroxylation is 2. The second kappa shape index (κ2) is 8.24. The normalized spacial score (nSPS) is 13.2. The molecule has 0 unspecified atom stereocenters. The molecule has 0 saturated carbocycles. The molecule has 2 heterocycles. The number of nitrogens with one attached hydrogen (secondary N) is 1. The quantitative estimate of drug-likeness (QED) is 0.672. The van der Waals surface area contributed by atoms with Crippen molar-refractivity contribution in [2.24, 2.45) is 0 Å². The van der Waals surface area contributed by atoms with Crippen LogP contribution < -0.4 is 20.3 Å². The van der Waals surface area contributed by atoms with E-state index in [4.69, 9.17) is 9.47 Å². The summed E-state index contributed by atoms with van der Waals surface area (Å²) in [5.74, 6) is 0.826. The predicted octanol–water partition coefficient (Wildman–Crippen LogP) is 2.97. The van der Waals surface area contributed by atoms with Gasteiger partial charge in [-0.05, 0) is 50.3 Å². The van der Waals surface area contributed by atoms with E-state index in [1.54, 1.807) is 22.8 Å². The van der Waals surface area contributed by atoms with Crippen LogP contribution in [0.25, 0.3) is 4.96 Å². The molecule has 3 aromatic rings. The summed E-state index contributed by atoms with van der Waals surface area (Å²) >= 11 is 1.55. The number of methoxy groups -OCH3 is 1. The minimum atomic E-state index is -0.430. The van der Waals surface area contributed by atoms with Crippen LogP contribution in [0.4, 0.5) is 0 Å². The number of thiazole rings is 1. The van der Waals surface area contributed by atoms with Gasteiger partial charge in [-0.1, -0.05) is 6.07 Å². The van der Waals surface area contributed by atoms with Gasteiger partial charge in [0.25, 0.3) is 11.5 Å². The first kappa shape index (κ1) is 19.4. The molecule has 152 valence electrons. The lowest BCUT2D eigenvalue weighted by atomic mass is 10.0. The lowest BCUT2D eigenvalue weighted by Crippen LogP contribution is -2.31. The smallest absolute Gasteiger partial charge is 0.271 e. The molecule has 8 heteroatoms. The van der Waals surface area contributed by atoms with Crippen molar-refractivity contribution in [1.82, 2.24) is 14.7 Å². The van der Waals surface area contributed by atoms with Crippen molar-refractivity contribution in [2.45, 2.75) is 39.2 Å². The summed E-state index contributed by atoms with van der Waals surface area (Å²) in [6.45, 7) is 2.71. The number of ether oxygens (including phenoxy) is 2. The Morgan fingerprint density at radius 3 is 2.90 bits per heavy atom. The van der Waals surface area contributed by atoms with Gasteiger partial charge in [0.15, 0.2) is 16.5 Å². The van der Waals surface area contributed by atoms with E-state index in [9.17, 15) is 9.59 Å². The van der Waals surface area contributed by atoms with Crippen molar-refractivity contribution in [3.05, 3.63) is 56.4 Å². The van der Waals surface area contributed by atoms with E-state index in [-0.39, 0.29) is 17.7 Å². The largest absolute Gasteiger partial charge is 0.493 e. The Kier molecular flexibility index (Phi) is 5.53. The zero-order valence-electron chi connectivity index (χ0n) is 16.5. The number of amides is 1. The molecule has 0 aliphatic heterocycles. The number of carbonyl (C=O) groups is 1. The van der Waals surface area contributed by atoms with Crippen LogP contribution in [0.1, 0.15) is 46.3 Å². The maximum absolute atomic E-state index is 13.0. The molecule has 1 N–H and O–H groups in total. The Balaban J connectivity index is 1.55. The van der Waals surface area contributed by atoms with Gasteiger partial charge < -0.3 is 14.8 Å². The molecular weight excluding hydrogens is 390 g/mol. The van der Waals surface area contributed by atoms with Crippen molar-refractivity contribution in [1.29, 1.82) is 0 Å². The summed E-state index contributed by atoms with van der Waals surface area (Å²) in [6.07, 6.45) is 5.40. The van der Waals surface area contributed by atoms with Crippen molar-refractivity contribution >= 4 is 22.2 Å². The van der Waals surface area contributed by atoms with Gasteiger partial charge in [-0.3, -0.25) is 14.0 Å². The molecule has 1 amide bonds. The van der Waals surface area contributed by atoms with E-state index in [0.717, 1.165) is 36.9 Å². The molecule has 1 aliphatic carbocycles. The van der Waals surface area contributed by atoms with Gasteiger partial charge in [-0.2, -0.15) is 0 Å². The average molecular weight is 413 g/mol. The van der Waals surface area contributed by atoms with Crippen LogP contribution in [0.5, 0.6) is 11.5 Å². The third-order valence-corrected chi connectivity index (χ3v) is 6.18. The van der Waals surface area contributed by atoms with Gasteiger partial charge in [0.1, 0.15) is 5.56 Å². The SMILES string of the molecule is CCOc1ccc(CNC(=O)c2cnc3sc4c(n3c2=O)CCCC4)cc1OC. The van der Waals surface area contributed by atoms with Crippen LogP contribution in [-0.4, -0.2) is 29.0 Å². The van der Waals surface area contributed by atoms with Gasteiger partial charge >= 0.3 is 0 Å². The molecule has 0 radical (unpaired) electrons. The minimum absolute atomic E-state index is 0.0616. The molecule has 2 aromatic heterocycles. The van der Waals surface area contributed by atoms with Crippen LogP contribution >= 0.6 is 11.3 Å². The molecule has 29 heavy (non-hydrogen) atoms. The second-order valence-electron chi connectivity index (χ2n) is 6.87. The van der Waals surface area contributed by atoms with E-state index >= 15 is 0 Å². The number of fused-ring (bicyclic) bond motifs is 3. The Labute approximate surface area is 172 Å². The highest BCUT2D eigenvalue weighted by Crippen LogP contribution is 2.29. The molecule has 7 nitrogen and oxygen atoms in total. The lowest BCUT2D eigenvalue weighted by Gasteiger charge is -2.12. The molecule has 4 rings (SSSR count). The standard InChI is InChI=1S/C21H23N3O4S/c1-3-28-16-9-8-13(10-17(16)27-2)11-22-19(25)14-12-23-21-24(20(14)26)15-6-4-5-7-18(15)29-21/h8-10,12H,3-7,11H2,1-2H3,(H,22,25). The first-order valence-electron chi connectivity index (χ1n) is 9.72. The minimum Gasteiger partial charge on any atom is -0.493 e. The molecule has 0 bridgehead atoms. The van der Waals surface area contributed by atoms with Crippen LogP contribution in [-0.2, 0) is 19.4 Å². The average Bonchev–Trinajstić information content (AvgIpc) is 3.12. The fourth-order valence-corrected chi connectivity index (χ4v) is 4.77. The highest BCUT2D eigenvalue weighted by Gasteiger charge is 2.21. The predicted molar refractivity (Wildman–Crippen MR) is 111 cm³/mol. The zero-order valence-corrected chi connectivity index (χ0v) is 17.3. The molecule has 0 atom stereocenters. The molecule has 1 aliphatic rings. The fraction of sp³-hybridized carbons (Fsp3) is 0.381. The number of rotatable bonds is 6. The third kappa shape index (κ3) is 3.72. The Bertz CT molecular complexity index is 1120. The number of nitrogens with zero attached hydrogens (tertiary/aromatic N) is 2. The monoisotopic (exact) mass is 413 g/mol. The van der Waals surface area contributed by atoms with Gasteiger partial charge in [0.2, 0.25) is 0 Å². The summed E-state index contributed by atoms with van der Waals surface area (Å²) in [6, 6.07) is 5.48. The van der Waals surface area contributed by atoms with Crippen LogP contribution in [0, 0.1) is 0 Å². The summed E-state index contributed by atoms with van der Waals surface area (Å²) in [4.78, 5) is 31.9. The van der Waals surface area contributed by atoms with E-state index in [2.05, 4.69) is 10.3 Å². The highest BCUT2D eigenvalue weighted by molar-refractivity contribution is 7.17. The highest BCUT2D eigenvalue weighted by atomic mass is 32.1. The lowest BCUT2D eigenvalue weighted by molar-refractivity contribution is 0.0949. The second-order valence-corrected chi connectivity index (χ2v) is 7.94. The van der Waals surface area contributed by atoms with Crippen molar-refractivity contribution in [3.63, 3.8) is 0 Å². The van der Waals surface area contributed by atoms with Crippen LogP contribution in [0.3, 0.4) is 0 Å². The Morgan fingerprint density at radius 2 is 2.10 bits per heavy atom. The summed E-state index contributed by atoms with van der Waals surface area (Å²) < 4.78 is 12.5. The Morgan fingerprint density at radius 1 is 1.28 bits per heavy atom. The maximum atomic E-state index is 13.0. The number of hydrogen-bond donors (Lipinski definition) is 1. The van der Waals surface area contributed by atoms with E-state index in [1.165, 1.54) is 11.1 Å². The summed E-state index contributed by atoms with van der Waals surface area (Å²) in [7, 11) is 1.57. The number of hydrogen-bond acceptors (Lipinski definition) is 6. The van der Waals surface area contributed by atoms with Crippen molar-refractivity contribution < 1.29 is 14.3 Å².